The number of nitrogens with zero attached hydrogens (tertiary/aromatic N) is 3. The average molecular weight is 236 g/mol. The van der Waals surface area contributed by atoms with E-state index < -0.39 is 0 Å². The van der Waals surface area contributed by atoms with Gasteiger partial charge in [0, 0.05) is 25.4 Å². The number of hydrogen-bond donors (Lipinski definition) is 1. The highest BCUT2D eigenvalue weighted by Crippen LogP contribution is 2.09. The van der Waals surface area contributed by atoms with E-state index in [1.54, 1.807) is 19.4 Å². The number of piperidine rings is 1. The Balaban J connectivity index is 1.73. The zero-order valence-electron chi connectivity index (χ0n) is 10.4. The molecule has 1 aromatic heterocycles. The van der Waals surface area contributed by atoms with Crippen LogP contribution in [0.1, 0.15) is 19.3 Å². The number of anilines is 1. The molecule has 0 amide bonds. The molecule has 0 radical (unpaired) electrons. The molecule has 1 N–H and O–H groups in total. The molecule has 2 rings (SSSR count). The molecule has 5 nitrogen and oxygen atoms in total. The maximum Gasteiger partial charge on any atom is 0.225 e. The molecule has 0 atom stereocenters. The first kappa shape index (κ1) is 12.1. The van der Waals surface area contributed by atoms with Gasteiger partial charge < -0.3 is 15.0 Å². The van der Waals surface area contributed by atoms with E-state index in [1.165, 1.54) is 32.4 Å². The van der Waals surface area contributed by atoms with E-state index in [0.717, 1.165) is 13.1 Å². The molecule has 1 saturated heterocycles. The summed E-state index contributed by atoms with van der Waals surface area (Å²) in [6.45, 7) is 4.38. The summed E-state index contributed by atoms with van der Waals surface area (Å²) in [6, 6.07) is 1.75. The van der Waals surface area contributed by atoms with Crippen molar-refractivity contribution >= 4 is 5.95 Å². The van der Waals surface area contributed by atoms with E-state index in [1.807, 2.05) is 0 Å². The van der Waals surface area contributed by atoms with Gasteiger partial charge in [-0.2, -0.15) is 4.98 Å². The average Bonchev–Trinajstić information content (AvgIpc) is 2.40. The van der Waals surface area contributed by atoms with Gasteiger partial charge in [0.05, 0.1) is 7.11 Å². The highest BCUT2D eigenvalue weighted by molar-refractivity contribution is 5.27. The van der Waals surface area contributed by atoms with Gasteiger partial charge in [-0.05, 0) is 25.9 Å². The van der Waals surface area contributed by atoms with Gasteiger partial charge in [0.25, 0.3) is 0 Å². The van der Waals surface area contributed by atoms with Crippen molar-refractivity contribution in [2.45, 2.75) is 19.3 Å². The first-order valence-electron chi connectivity index (χ1n) is 6.22. The molecule has 1 aliphatic rings. The fourth-order valence-corrected chi connectivity index (χ4v) is 2.05. The lowest BCUT2D eigenvalue weighted by atomic mass is 10.1. The molecule has 0 aliphatic carbocycles. The van der Waals surface area contributed by atoms with E-state index in [-0.39, 0.29) is 0 Å². The minimum absolute atomic E-state index is 0.598. The molecule has 17 heavy (non-hydrogen) atoms. The Kier molecular flexibility index (Phi) is 4.55. The lowest BCUT2D eigenvalue weighted by Gasteiger charge is -2.26. The van der Waals surface area contributed by atoms with Crippen LogP contribution in [-0.4, -0.2) is 48.2 Å². The fraction of sp³-hybridized carbons (Fsp3) is 0.667. The Morgan fingerprint density at radius 2 is 2.18 bits per heavy atom. The number of aromatic nitrogens is 2. The number of methoxy groups -OCH3 is 1. The Labute approximate surface area is 102 Å². The van der Waals surface area contributed by atoms with Crippen molar-refractivity contribution in [3.05, 3.63) is 12.3 Å². The Bertz CT molecular complexity index is 339. The summed E-state index contributed by atoms with van der Waals surface area (Å²) in [5.74, 6) is 1.24. The van der Waals surface area contributed by atoms with Gasteiger partial charge in [0.2, 0.25) is 11.8 Å². The van der Waals surface area contributed by atoms with E-state index in [9.17, 15) is 0 Å². The molecule has 1 fully saturated rings. The van der Waals surface area contributed by atoms with Crippen LogP contribution in [0.25, 0.3) is 0 Å². The van der Waals surface area contributed by atoms with Crippen molar-refractivity contribution in [1.82, 2.24) is 14.9 Å². The highest BCUT2D eigenvalue weighted by atomic mass is 16.5. The second-order valence-electron chi connectivity index (χ2n) is 4.25. The molecular weight excluding hydrogens is 216 g/mol. The monoisotopic (exact) mass is 236 g/mol. The molecule has 0 aromatic carbocycles. The molecule has 94 valence electrons. The van der Waals surface area contributed by atoms with Gasteiger partial charge in [-0.3, -0.25) is 0 Å². The van der Waals surface area contributed by atoms with Crippen LogP contribution >= 0.6 is 0 Å². The van der Waals surface area contributed by atoms with Gasteiger partial charge in [0.1, 0.15) is 0 Å². The summed E-state index contributed by atoms with van der Waals surface area (Å²) >= 11 is 0. The topological polar surface area (TPSA) is 50.3 Å². The molecule has 5 heteroatoms. The third-order valence-corrected chi connectivity index (χ3v) is 3.00. The first-order chi connectivity index (χ1) is 8.38. The molecule has 0 unspecified atom stereocenters. The number of rotatable bonds is 5. The second kappa shape index (κ2) is 6.39. The summed E-state index contributed by atoms with van der Waals surface area (Å²) < 4.78 is 5.05. The van der Waals surface area contributed by atoms with E-state index in [0.29, 0.717) is 11.8 Å². The van der Waals surface area contributed by atoms with Gasteiger partial charge in [-0.1, -0.05) is 6.42 Å². The number of likely N-dealkylation sites (tertiary alicyclic amines) is 1. The lowest BCUT2D eigenvalue weighted by Crippen LogP contribution is -2.33. The normalized spacial score (nSPS) is 16.8. The van der Waals surface area contributed by atoms with E-state index in [4.69, 9.17) is 4.74 Å². The van der Waals surface area contributed by atoms with Crippen LogP contribution in [0.4, 0.5) is 5.95 Å². The van der Waals surface area contributed by atoms with Crippen molar-refractivity contribution < 1.29 is 4.74 Å². The minimum atomic E-state index is 0.598. The third-order valence-electron chi connectivity index (χ3n) is 3.00. The van der Waals surface area contributed by atoms with Crippen LogP contribution in [0, 0.1) is 0 Å². The van der Waals surface area contributed by atoms with Crippen molar-refractivity contribution in [2.24, 2.45) is 0 Å². The van der Waals surface area contributed by atoms with Crippen LogP contribution < -0.4 is 10.1 Å². The predicted octanol–water partition coefficient (Wildman–Crippen LogP) is 1.38. The van der Waals surface area contributed by atoms with Crippen LogP contribution in [0.15, 0.2) is 12.3 Å². The second-order valence-corrected chi connectivity index (χ2v) is 4.25. The number of ether oxygens (including phenoxy) is 1. The molecule has 0 spiro atoms. The van der Waals surface area contributed by atoms with E-state index in [2.05, 4.69) is 20.2 Å². The van der Waals surface area contributed by atoms with Crippen molar-refractivity contribution in [3.63, 3.8) is 0 Å². The Hall–Kier alpha value is -1.36. The molecule has 0 bridgehead atoms. The fourth-order valence-electron chi connectivity index (χ4n) is 2.05. The Morgan fingerprint density at radius 1 is 1.35 bits per heavy atom. The zero-order chi connectivity index (χ0) is 11.9. The molecule has 1 aliphatic heterocycles. The number of hydrogen-bond acceptors (Lipinski definition) is 5. The summed E-state index contributed by atoms with van der Waals surface area (Å²) in [7, 11) is 1.61. The molecular formula is C12H20N4O. The predicted molar refractivity (Wildman–Crippen MR) is 67.4 cm³/mol. The maximum absolute atomic E-state index is 5.05. The quantitative estimate of drug-likeness (QED) is 0.837. The van der Waals surface area contributed by atoms with Gasteiger partial charge in [-0.15, -0.1) is 0 Å². The summed E-state index contributed by atoms with van der Waals surface area (Å²) in [6.07, 6.45) is 5.74. The largest absolute Gasteiger partial charge is 0.481 e. The van der Waals surface area contributed by atoms with Crippen LogP contribution in [0.5, 0.6) is 5.88 Å². The summed E-state index contributed by atoms with van der Waals surface area (Å²) in [4.78, 5) is 10.8. The lowest BCUT2D eigenvalue weighted by molar-refractivity contribution is 0.237. The Morgan fingerprint density at radius 3 is 2.94 bits per heavy atom. The minimum Gasteiger partial charge on any atom is -0.481 e. The van der Waals surface area contributed by atoms with Crippen LogP contribution in [0.2, 0.25) is 0 Å². The van der Waals surface area contributed by atoms with E-state index >= 15 is 0 Å². The summed E-state index contributed by atoms with van der Waals surface area (Å²) in [5, 5.41) is 3.22. The molecule has 2 heterocycles. The zero-order valence-corrected chi connectivity index (χ0v) is 10.4. The first-order valence-corrected chi connectivity index (χ1v) is 6.22. The SMILES string of the molecule is COc1ccnc(NCCN2CCCCC2)n1. The van der Waals surface area contributed by atoms with Crippen LogP contribution in [0.3, 0.4) is 0 Å². The molecule has 1 aromatic rings. The third kappa shape index (κ3) is 3.85. The van der Waals surface area contributed by atoms with Crippen LogP contribution in [-0.2, 0) is 0 Å². The van der Waals surface area contributed by atoms with Crippen molar-refractivity contribution in [1.29, 1.82) is 0 Å². The molecule has 0 saturated carbocycles. The summed E-state index contributed by atoms with van der Waals surface area (Å²) in [5.41, 5.74) is 0. The highest BCUT2D eigenvalue weighted by Gasteiger charge is 2.09. The standard InChI is InChI=1S/C12H20N4O/c1-17-11-5-6-13-12(15-11)14-7-10-16-8-3-2-4-9-16/h5-6H,2-4,7-10H2,1H3,(H,13,14,15). The smallest absolute Gasteiger partial charge is 0.225 e. The maximum atomic E-state index is 5.05. The van der Waals surface area contributed by atoms with Gasteiger partial charge >= 0.3 is 0 Å². The van der Waals surface area contributed by atoms with Gasteiger partial charge in [0.15, 0.2) is 0 Å². The number of nitrogens with one attached hydrogen (secondary N) is 1. The van der Waals surface area contributed by atoms with Crippen molar-refractivity contribution in [3.8, 4) is 5.88 Å². The van der Waals surface area contributed by atoms with Crippen molar-refractivity contribution in [2.75, 3.05) is 38.6 Å². The van der Waals surface area contributed by atoms with Gasteiger partial charge in [-0.25, -0.2) is 4.98 Å².